The number of aryl methyl sites for hydroxylation is 2. The molecule has 1 amide bonds. The summed E-state index contributed by atoms with van der Waals surface area (Å²) in [6.07, 6.45) is 1.89. The van der Waals surface area contributed by atoms with Gasteiger partial charge in [0.1, 0.15) is 5.69 Å². The van der Waals surface area contributed by atoms with Crippen LogP contribution in [-0.2, 0) is 13.5 Å². The largest absolute Gasteiger partial charge is 0.393 e. The third-order valence-corrected chi connectivity index (χ3v) is 2.97. The number of aromatic nitrogens is 2. The predicted molar refractivity (Wildman–Crippen MR) is 59.1 cm³/mol. The van der Waals surface area contributed by atoms with Crippen LogP contribution in [0.15, 0.2) is 6.07 Å². The van der Waals surface area contributed by atoms with Crippen LogP contribution < -0.4 is 5.32 Å². The summed E-state index contributed by atoms with van der Waals surface area (Å²) in [5.41, 5.74) is 1.50. The van der Waals surface area contributed by atoms with E-state index in [9.17, 15) is 4.79 Å². The molecule has 5 nitrogen and oxygen atoms in total. The molecule has 0 atom stereocenters. The van der Waals surface area contributed by atoms with E-state index in [1.54, 1.807) is 11.7 Å². The van der Waals surface area contributed by atoms with Gasteiger partial charge in [0.15, 0.2) is 0 Å². The Labute approximate surface area is 94.5 Å². The van der Waals surface area contributed by atoms with E-state index in [-0.39, 0.29) is 18.1 Å². The molecule has 1 aromatic rings. The number of hydrogen-bond donors (Lipinski definition) is 2. The van der Waals surface area contributed by atoms with Crippen molar-refractivity contribution < 1.29 is 9.90 Å². The maximum Gasteiger partial charge on any atom is 0.269 e. The molecule has 0 radical (unpaired) electrons. The van der Waals surface area contributed by atoms with Gasteiger partial charge in [-0.25, -0.2) is 0 Å². The van der Waals surface area contributed by atoms with E-state index < -0.39 is 0 Å². The van der Waals surface area contributed by atoms with Gasteiger partial charge in [0, 0.05) is 13.1 Å². The van der Waals surface area contributed by atoms with Crippen LogP contribution >= 0.6 is 0 Å². The van der Waals surface area contributed by atoms with Gasteiger partial charge in [-0.05, 0) is 25.3 Å². The maximum absolute atomic E-state index is 11.9. The molecule has 1 saturated carbocycles. The fourth-order valence-electron chi connectivity index (χ4n) is 1.88. The highest BCUT2D eigenvalue weighted by Crippen LogP contribution is 2.19. The van der Waals surface area contributed by atoms with Gasteiger partial charge in [-0.1, -0.05) is 6.92 Å². The molecule has 1 aliphatic rings. The molecule has 1 aromatic heterocycles. The lowest BCUT2D eigenvalue weighted by atomic mass is 9.89. The minimum atomic E-state index is -0.247. The number of nitrogens with one attached hydrogen (secondary N) is 1. The van der Waals surface area contributed by atoms with E-state index >= 15 is 0 Å². The smallest absolute Gasteiger partial charge is 0.269 e. The lowest BCUT2D eigenvalue weighted by Crippen LogP contribution is -2.47. The van der Waals surface area contributed by atoms with Crippen molar-refractivity contribution >= 4 is 5.91 Å². The van der Waals surface area contributed by atoms with Crippen molar-refractivity contribution in [1.82, 2.24) is 15.1 Å². The number of aliphatic hydroxyl groups is 1. The zero-order valence-electron chi connectivity index (χ0n) is 9.60. The molecule has 16 heavy (non-hydrogen) atoms. The summed E-state index contributed by atoms with van der Waals surface area (Å²) in [7, 11) is 1.77. The minimum Gasteiger partial charge on any atom is -0.393 e. The van der Waals surface area contributed by atoms with Gasteiger partial charge >= 0.3 is 0 Å². The van der Waals surface area contributed by atoms with Crippen LogP contribution in [0.1, 0.15) is 35.9 Å². The number of amides is 1. The molecule has 88 valence electrons. The monoisotopic (exact) mass is 223 g/mol. The number of nitrogens with zero attached hydrogens (tertiary/aromatic N) is 2. The molecule has 1 aliphatic carbocycles. The number of carbonyl (C=O) groups excluding carboxylic acids is 1. The molecule has 0 aromatic carbocycles. The summed E-state index contributed by atoms with van der Waals surface area (Å²) in [6, 6.07) is 1.92. The van der Waals surface area contributed by atoms with Gasteiger partial charge in [-0.2, -0.15) is 5.10 Å². The summed E-state index contributed by atoms with van der Waals surface area (Å²) in [5.74, 6) is -0.105. The Bertz CT molecular complexity index is 394. The van der Waals surface area contributed by atoms with E-state index in [0.717, 1.165) is 12.1 Å². The zero-order chi connectivity index (χ0) is 11.7. The average molecular weight is 223 g/mol. The average Bonchev–Trinajstić information content (AvgIpc) is 2.57. The quantitative estimate of drug-likeness (QED) is 0.771. The van der Waals surface area contributed by atoms with Crippen LogP contribution in [0.5, 0.6) is 0 Å². The summed E-state index contributed by atoms with van der Waals surface area (Å²) >= 11 is 0. The predicted octanol–water partition coefficient (Wildman–Crippen LogP) is 0.236. The SMILES string of the molecule is CCc1cc(C(=O)NC2CC(O)C2)n(C)n1. The normalized spacial score (nSPS) is 23.9. The van der Waals surface area contributed by atoms with Crippen LogP contribution in [0.3, 0.4) is 0 Å². The van der Waals surface area contributed by atoms with Crippen molar-refractivity contribution in [1.29, 1.82) is 0 Å². The Kier molecular flexibility index (Phi) is 2.96. The molecule has 2 N–H and O–H groups in total. The number of rotatable bonds is 3. The summed E-state index contributed by atoms with van der Waals surface area (Å²) in [4.78, 5) is 11.9. The van der Waals surface area contributed by atoms with Crippen molar-refractivity contribution in [2.75, 3.05) is 0 Å². The molecule has 0 spiro atoms. The van der Waals surface area contributed by atoms with Gasteiger partial charge in [-0.15, -0.1) is 0 Å². The topological polar surface area (TPSA) is 67.2 Å². The Morgan fingerprint density at radius 3 is 2.88 bits per heavy atom. The first-order valence-corrected chi connectivity index (χ1v) is 5.62. The highest BCUT2D eigenvalue weighted by molar-refractivity contribution is 5.92. The molecular formula is C11H17N3O2. The van der Waals surface area contributed by atoms with Crippen LogP contribution in [0, 0.1) is 0 Å². The van der Waals surface area contributed by atoms with Crippen LogP contribution in [0.2, 0.25) is 0 Å². The zero-order valence-corrected chi connectivity index (χ0v) is 9.60. The second-order valence-corrected chi connectivity index (χ2v) is 4.29. The van der Waals surface area contributed by atoms with E-state index in [1.165, 1.54) is 0 Å². The van der Waals surface area contributed by atoms with E-state index in [2.05, 4.69) is 10.4 Å². The first-order chi connectivity index (χ1) is 7.60. The first kappa shape index (κ1) is 11.1. The molecular weight excluding hydrogens is 206 g/mol. The Morgan fingerprint density at radius 1 is 1.69 bits per heavy atom. The van der Waals surface area contributed by atoms with E-state index in [4.69, 9.17) is 5.11 Å². The van der Waals surface area contributed by atoms with Crippen molar-refractivity contribution in [3.8, 4) is 0 Å². The van der Waals surface area contributed by atoms with Crippen LogP contribution in [-0.4, -0.2) is 32.9 Å². The van der Waals surface area contributed by atoms with Gasteiger partial charge < -0.3 is 10.4 Å². The van der Waals surface area contributed by atoms with Crippen molar-refractivity contribution in [2.24, 2.45) is 7.05 Å². The molecule has 0 unspecified atom stereocenters. The summed E-state index contributed by atoms with van der Waals surface area (Å²) in [6.45, 7) is 2.01. The van der Waals surface area contributed by atoms with E-state index in [0.29, 0.717) is 18.5 Å². The van der Waals surface area contributed by atoms with Crippen molar-refractivity contribution in [3.63, 3.8) is 0 Å². The Balaban J connectivity index is 2.00. The molecule has 0 bridgehead atoms. The van der Waals surface area contributed by atoms with Crippen LogP contribution in [0.4, 0.5) is 0 Å². The molecule has 1 fully saturated rings. The molecule has 2 rings (SSSR count). The highest BCUT2D eigenvalue weighted by Gasteiger charge is 2.29. The summed E-state index contributed by atoms with van der Waals surface area (Å²) < 4.78 is 1.60. The molecule has 5 heteroatoms. The van der Waals surface area contributed by atoms with Gasteiger partial charge in [-0.3, -0.25) is 9.48 Å². The first-order valence-electron chi connectivity index (χ1n) is 5.62. The fourth-order valence-corrected chi connectivity index (χ4v) is 1.88. The van der Waals surface area contributed by atoms with Gasteiger partial charge in [0.25, 0.3) is 5.91 Å². The third kappa shape index (κ3) is 2.09. The highest BCUT2D eigenvalue weighted by atomic mass is 16.3. The van der Waals surface area contributed by atoms with Gasteiger partial charge in [0.05, 0.1) is 11.8 Å². The van der Waals surface area contributed by atoms with Crippen molar-refractivity contribution in [3.05, 3.63) is 17.5 Å². The number of hydrogen-bond acceptors (Lipinski definition) is 3. The second-order valence-electron chi connectivity index (χ2n) is 4.29. The minimum absolute atomic E-state index is 0.105. The fraction of sp³-hybridized carbons (Fsp3) is 0.636. The van der Waals surface area contributed by atoms with E-state index in [1.807, 2.05) is 13.0 Å². The third-order valence-electron chi connectivity index (χ3n) is 2.97. The summed E-state index contributed by atoms with van der Waals surface area (Å²) in [5, 5.41) is 16.2. The lowest BCUT2D eigenvalue weighted by Gasteiger charge is -2.31. The second kappa shape index (κ2) is 4.25. The number of aliphatic hydroxyl groups excluding tert-OH is 1. The standard InChI is InChI=1S/C11H17N3O2/c1-3-7-6-10(14(2)13-7)11(16)12-8-4-9(15)5-8/h6,8-9,15H,3-5H2,1-2H3,(H,12,16). The van der Waals surface area contributed by atoms with Crippen molar-refractivity contribution in [2.45, 2.75) is 38.3 Å². The lowest BCUT2D eigenvalue weighted by molar-refractivity contribution is 0.0559. The molecule has 1 heterocycles. The Hall–Kier alpha value is -1.36. The van der Waals surface area contributed by atoms with Gasteiger partial charge in [0.2, 0.25) is 0 Å². The van der Waals surface area contributed by atoms with Crippen LogP contribution in [0.25, 0.3) is 0 Å². The molecule has 0 saturated heterocycles. The molecule has 0 aliphatic heterocycles. The maximum atomic E-state index is 11.9. The number of carbonyl (C=O) groups is 1. The Morgan fingerprint density at radius 2 is 2.38 bits per heavy atom.